The van der Waals surface area contributed by atoms with Gasteiger partial charge in [0.15, 0.2) is 11.6 Å². The van der Waals surface area contributed by atoms with E-state index in [9.17, 15) is 21.6 Å². The summed E-state index contributed by atoms with van der Waals surface area (Å²) in [6.07, 6.45) is 2.28. The maximum absolute atomic E-state index is 14.5. The smallest absolute Gasteiger partial charge is 0.301 e. The van der Waals surface area contributed by atoms with Crippen LogP contribution in [0.3, 0.4) is 0 Å². The number of benzene rings is 2. The van der Waals surface area contributed by atoms with Crippen molar-refractivity contribution in [2.45, 2.75) is 32.2 Å². The Hall–Kier alpha value is -1.82. The summed E-state index contributed by atoms with van der Waals surface area (Å²) in [4.78, 5) is 0. The molecule has 0 atom stereocenters. The first-order chi connectivity index (χ1) is 14.7. The van der Waals surface area contributed by atoms with Gasteiger partial charge in [0.2, 0.25) is 0 Å². The lowest BCUT2D eigenvalue weighted by Gasteiger charge is -2.32. The van der Waals surface area contributed by atoms with E-state index in [0.717, 1.165) is 31.2 Å². The van der Waals surface area contributed by atoms with Crippen LogP contribution in [0.2, 0.25) is 0 Å². The van der Waals surface area contributed by atoms with Crippen molar-refractivity contribution in [1.82, 2.24) is 9.62 Å². The van der Waals surface area contributed by atoms with Crippen LogP contribution in [0.15, 0.2) is 34.8 Å². The molecule has 0 aromatic heterocycles. The average molecular weight is 521 g/mol. The Balaban J connectivity index is 1.80. The molecule has 1 aliphatic heterocycles. The molecule has 0 spiro atoms. The van der Waals surface area contributed by atoms with Crippen LogP contribution in [-0.2, 0) is 10.2 Å². The minimum atomic E-state index is -4.02. The van der Waals surface area contributed by atoms with E-state index in [1.54, 1.807) is 0 Å². The second-order valence-corrected chi connectivity index (χ2v) is 9.85. The average Bonchev–Trinajstić information content (AvgIpc) is 2.73. The van der Waals surface area contributed by atoms with Crippen molar-refractivity contribution in [3.63, 3.8) is 0 Å². The van der Waals surface area contributed by atoms with Crippen LogP contribution in [0.25, 0.3) is 0 Å². The molecule has 1 saturated heterocycles. The molecule has 170 valence electrons. The van der Waals surface area contributed by atoms with Gasteiger partial charge < -0.3 is 10.6 Å². The number of rotatable bonds is 8. The summed E-state index contributed by atoms with van der Waals surface area (Å²) in [5, 5.41) is 5.84. The van der Waals surface area contributed by atoms with Crippen molar-refractivity contribution >= 4 is 43.2 Å². The topological polar surface area (TPSA) is 73.5 Å². The predicted molar refractivity (Wildman–Crippen MR) is 119 cm³/mol. The zero-order valence-electron chi connectivity index (χ0n) is 16.9. The Labute approximate surface area is 188 Å². The number of hydrogen-bond donors (Lipinski definition) is 3. The maximum atomic E-state index is 14.5. The maximum Gasteiger partial charge on any atom is 0.301 e. The third-order valence-corrected chi connectivity index (χ3v) is 7.02. The molecule has 3 N–H and O–H groups in total. The fraction of sp³-hybridized carbons (Fsp3) is 0.400. The zero-order valence-corrected chi connectivity index (χ0v) is 19.3. The lowest BCUT2D eigenvalue weighted by molar-refractivity contribution is 0.291. The van der Waals surface area contributed by atoms with Gasteiger partial charge in [-0.1, -0.05) is 22.9 Å². The quantitative estimate of drug-likeness (QED) is 0.470. The van der Waals surface area contributed by atoms with E-state index in [4.69, 9.17) is 0 Å². The molecule has 0 bridgehead atoms. The first-order valence-corrected chi connectivity index (χ1v) is 12.2. The van der Waals surface area contributed by atoms with Gasteiger partial charge in [-0.3, -0.25) is 4.72 Å². The van der Waals surface area contributed by atoms with Crippen LogP contribution in [-0.4, -0.2) is 38.4 Å². The standard InChI is InChI=1S/C20H24BrF3N4O2S/c1-2-9-25-14-7-10-28(11-8-14)31(29,30)27-18-6-4-15(22)19(24)20(18)26-17-5-3-13(21)12-16(17)23/h3-6,12,14,25-27H,2,7-11H2,1H3. The minimum Gasteiger partial charge on any atom is -0.349 e. The second-order valence-electron chi connectivity index (χ2n) is 7.27. The molecule has 1 heterocycles. The molecule has 1 fully saturated rings. The number of anilines is 3. The summed E-state index contributed by atoms with van der Waals surface area (Å²) in [6, 6.07) is 6.16. The Morgan fingerprint density at radius 1 is 1.06 bits per heavy atom. The molecule has 0 radical (unpaired) electrons. The summed E-state index contributed by atoms with van der Waals surface area (Å²) >= 11 is 3.12. The SMILES string of the molecule is CCCNC1CCN(S(=O)(=O)Nc2ccc(F)c(F)c2Nc2ccc(Br)cc2F)CC1. The third-order valence-electron chi connectivity index (χ3n) is 5.00. The Bertz CT molecular complexity index is 1030. The Kier molecular flexibility index (Phi) is 7.84. The predicted octanol–water partition coefficient (Wildman–Crippen LogP) is 4.73. The summed E-state index contributed by atoms with van der Waals surface area (Å²) in [7, 11) is -4.02. The molecule has 6 nitrogen and oxygen atoms in total. The van der Waals surface area contributed by atoms with Gasteiger partial charge in [-0.05, 0) is 56.1 Å². The normalized spacial score (nSPS) is 15.8. The highest BCUT2D eigenvalue weighted by Gasteiger charge is 2.29. The number of nitrogens with zero attached hydrogens (tertiary/aromatic N) is 1. The number of hydrogen-bond acceptors (Lipinski definition) is 4. The lowest BCUT2D eigenvalue weighted by atomic mass is 10.1. The lowest BCUT2D eigenvalue weighted by Crippen LogP contribution is -2.46. The molecular weight excluding hydrogens is 497 g/mol. The first-order valence-electron chi connectivity index (χ1n) is 9.92. The molecule has 31 heavy (non-hydrogen) atoms. The van der Waals surface area contributed by atoms with Crippen molar-refractivity contribution < 1.29 is 21.6 Å². The van der Waals surface area contributed by atoms with Gasteiger partial charge in [-0.25, -0.2) is 13.2 Å². The van der Waals surface area contributed by atoms with Gasteiger partial charge in [0.05, 0.1) is 11.4 Å². The summed E-state index contributed by atoms with van der Waals surface area (Å²) < 4.78 is 72.3. The number of piperidine rings is 1. The minimum absolute atomic E-state index is 0.129. The molecule has 0 amide bonds. The van der Waals surface area contributed by atoms with E-state index < -0.39 is 33.3 Å². The highest BCUT2D eigenvalue weighted by Crippen LogP contribution is 2.33. The van der Waals surface area contributed by atoms with Crippen molar-refractivity contribution in [2.75, 3.05) is 29.7 Å². The van der Waals surface area contributed by atoms with E-state index in [1.807, 2.05) is 0 Å². The molecule has 1 aliphatic rings. The van der Waals surface area contributed by atoms with Gasteiger partial charge in [-0.2, -0.15) is 12.7 Å². The summed E-state index contributed by atoms with van der Waals surface area (Å²) in [5.41, 5.74) is -0.840. The van der Waals surface area contributed by atoms with Crippen LogP contribution in [0, 0.1) is 17.5 Å². The highest BCUT2D eigenvalue weighted by atomic mass is 79.9. The van der Waals surface area contributed by atoms with Crippen molar-refractivity contribution in [3.05, 3.63) is 52.3 Å². The molecule has 2 aromatic carbocycles. The fourth-order valence-electron chi connectivity index (χ4n) is 3.34. The largest absolute Gasteiger partial charge is 0.349 e. The van der Waals surface area contributed by atoms with Gasteiger partial charge in [0.25, 0.3) is 0 Å². The number of halogens is 4. The molecule has 2 aromatic rings. The Morgan fingerprint density at radius 3 is 2.39 bits per heavy atom. The van der Waals surface area contributed by atoms with E-state index >= 15 is 0 Å². The van der Waals surface area contributed by atoms with Crippen LogP contribution in [0.1, 0.15) is 26.2 Å². The van der Waals surface area contributed by atoms with Gasteiger partial charge in [0.1, 0.15) is 11.5 Å². The van der Waals surface area contributed by atoms with E-state index in [-0.39, 0.29) is 17.4 Å². The van der Waals surface area contributed by atoms with Gasteiger partial charge in [-0.15, -0.1) is 0 Å². The third kappa shape index (κ3) is 5.91. The van der Waals surface area contributed by atoms with E-state index in [1.165, 1.54) is 16.4 Å². The molecule has 0 aliphatic carbocycles. The molecule has 3 rings (SSSR count). The van der Waals surface area contributed by atoms with Crippen LogP contribution in [0.5, 0.6) is 0 Å². The fourth-order valence-corrected chi connectivity index (χ4v) is 4.94. The second kappa shape index (κ2) is 10.2. The van der Waals surface area contributed by atoms with Crippen molar-refractivity contribution in [2.24, 2.45) is 0 Å². The highest BCUT2D eigenvalue weighted by molar-refractivity contribution is 9.10. The summed E-state index contributed by atoms with van der Waals surface area (Å²) in [5.74, 6) is -3.22. The van der Waals surface area contributed by atoms with E-state index in [2.05, 4.69) is 38.2 Å². The molecule has 11 heteroatoms. The molecular formula is C20H24BrF3N4O2S. The van der Waals surface area contributed by atoms with Gasteiger partial charge in [0, 0.05) is 23.6 Å². The zero-order chi connectivity index (χ0) is 22.6. The van der Waals surface area contributed by atoms with Crippen molar-refractivity contribution in [1.29, 1.82) is 0 Å². The van der Waals surface area contributed by atoms with Crippen LogP contribution < -0.4 is 15.4 Å². The van der Waals surface area contributed by atoms with E-state index in [0.29, 0.717) is 30.4 Å². The van der Waals surface area contributed by atoms with Gasteiger partial charge >= 0.3 is 10.2 Å². The van der Waals surface area contributed by atoms with Crippen molar-refractivity contribution in [3.8, 4) is 0 Å². The van der Waals surface area contributed by atoms with Crippen LogP contribution in [0.4, 0.5) is 30.2 Å². The monoisotopic (exact) mass is 520 g/mol. The number of nitrogens with one attached hydrogen (secondary N) is 3. The summed E-state index contributed by atoms with van der Waals surface area (Å²) in [6.45, 7) is 3.52. The first kappa shape index (κ1) is 23.8. The molecule has 0 unspecified atom stereocenters. The Morgan fingerprint density at radius 2 is 1.74 bits per heavy atom. The van der Waals surface area contributed by atoms with Crippen LogP contribution >= 0.6 is 15.9 Å². The molecule has 0 saturated carbocycles.